The van der Waals surface area contributed by atoms with Crippen molar-refractivity contribution in [3.05, 3.63) is 0 Å². The molecule has 2 unspecified atom stereocenters. The molecule has 2 atom stereocenters. The molecule has 0 aromatic heterocycles. The number of rotatable bonds is 0. The van der Waals surface area contributed by atoms with E-state index in [0.717, 1.165) is 5.41 Å². The minimum Gasteiger partial charge on any atom is -0.106 e. The van der Waals surface area contributed by atoms with Crippen molar-refractivity contribution in [1.82, 2.24) is 0 Å². The van der Waals surface area contributed by atoms with Crippen LogP contribution in [0.15, 0.2) is 0 Å². The van der Waals surface area contributed by atoms with E-state index in [2.05, 4.69) is 15.9 Å². The molecule has 0 aromatic rings. The first-order chi connectivity index (χ1) is 4.62. The highest BCUT2D eigenvalue weighted by molar-refractivity contribution is 9.10. The van der Waals surface area contributed by atoms with E-state index >= 15 is 0 Å². The lowest BCUT2D eigenvalue weighted by molar-refractivity contribution is 0.250. The molecular formula is C8H10BrCl. The van der Waals surface area contributed by atoms with Gasteiger partial charge in [-0.3, -0.25) is 0 Å². The van der Waals surface area contributed by atoms with Gasteiger partial charge in [0.15, 0.2) is 0 Å². The Kier molecular flexibility index (Phi) is 0.838. The Morgan fingerprint density at radius 3 is 1.90 bits per heavy atom. The molecule has 0 bridgehead atoms. The van der Waals surface area contributed by atoms with E-state index in [-0.39, 0.29) is 3.78 Å². The molecule has 10 heavy (non-hydrogen) atoms. The van der Waals surface area contributed by atoms with E-state index in [9.17, 15) is 0 Å². The summed E-state index contributed by atoms with van der Waals surface area (Å²) in [6.07, 6.45) is 6.98. The van der Waals surface area contributed by atoms with Gasteiger partial charge in [-0.2, -0.15) is 0 Å². The molecule has 3 aliphatic carbocycles. The third-order valence-corrected chi connectivity index (χ3v) is 5.47. The summed E-state index contributed by atoms with van der Waals surface area (Å²) in [5, 5.41) is 0. The predicted molar refractivity (Wildman–Crippen MR) is 45.5 cm³/mol. The zero-order chi connectivity index (χ0) is 7.04. The Labute approximate surface area is 74.4 Å². The lowest BCUT2D eigenvalue weighted by atomic mass is 9.79. The van der Waals surface area contributed by atoms with Crippen LogP contribution in [0.3, 0.4) is 0 Å². The van der Waals surface area contributed by atoms with Crippen LogP contribution in [0.2, 0.25) is 0 Å². The molecule has 0 radical (unpaired) electrons. The van der Waals surface area contributed by atoms with Crippen LogP contribution >= 0.6 is 27.5 Å². The summed E-state index contributed by atoms with van der Waals surface area (Å²) >= 11 is 9.79. The maximum atomic E-state index is 6.21. The third kappa shape index (κ3) is 0.438. The van der Waals surface area contributed by atoms with Crippen molar-refractivity contribution in [3.8, 4) is 0 Å². The molecule has 2 spiro atoms. The van der Waals surface area contributed by atoms with Gasteiger partial charge in [-0.25, -0.2) is 0 Å². The van der Waals surface area contributed by atoms with Crippen LogP contribution in [0.5, 0.6) is 0 Å². The van der Waals surface area contributed by atoms with Crippen molar-refractivity contribution in [2.24, 2.45) is 10.8 Å². The van der Waals surface area contributed by atoms with E-state index in [1.807, 2.05) is 0 Å². The van der Waals surface area contributed by atoms with Gasteiger partial charge in [-0.15, -0.1) is 11.6 Å². The van der Waals surface area contributed by atoms with Gasteiger partial charge in [-0.05, 0) is 31.1 Å². The molecule has 0 aliphatic heterocycles. The van der Waals surface area contributed by atoms with Gasteiger partial charge in [0, 0.05) is 5.41 Å². The molecule has 0 nitrogen and oxygen atoms in total. The van der Waals surface area contributed by atoms with Crippen molar-refractivity contribution in [3.63, 3.8) is 0 Å². The Morgan fingerprint density at radius 2 is 1.80 bits per heavy atom. The van der Waals surface area contributed by atoms with Gasteiger partial charge in [0.25, 0.3) is 0 Å². The molecule has 56 valence electrons. The summed E-state index contributed by atoms with van der Waals surface area (Å²) in [6, 6.07) is 0. The monoisotopic (exact) mass is 220 g/mol. The van der Waals surface area contributed by atoms with Gasteiger partial charge >= 0.3 is 0 Å². The summed E-state index contributed by atoms with van der Waals surface area (Å²) in [7, 11) is 0. The molecule has 3 rings (SSSR count). The van der Waals surface area contributed by atoms with Crippen LogP contribution in [0.25, 0.3) is 0 Å². The standard InChI is InChI=1S/C8H10BrCl/c9-8(10)5-7(8)4-6(7)2-1-3-6/h1-5H2. The second-order valence-electron chi connectivity index (χ2n) is 4.27. The molecule has 3 fully saturated rings. The largest absolute Gasteiger partial charge is 0.106 e. The van der Waals surface area contributed by atoms with Crippen molar-refractivity contribution in [2.75, 3.05) is 0 Å². The van der Waals surface area contributed by atoms with Crippen molar-refractivity contribution < 1.29 is 0 Å². The fraction of sp³-hybridized carbons (Fsp3) is 1.00. The fourth-order valence-electron chi connectivity index (χ4n) is 2.89. The Balaban J connectivity index is 1.90. The first-order valence-electron chi connectivity index (χ1n) is 4.00. The van der Waals surface area contributed by atoms with E-state index < -0.39 is 0 Å². The van der Waals surface area contributed by atoms with Gasteiger partial charge in [0.1, 0.15) is 3.78 Å². The zero-order valence-corrected chi connectivity index (χ0v) is 8.13. The van der Waals surface area contributed by atoms with Crippen LogP contribution in [0.4, 0.5) is 0 Å². The third-order valence-electron chi connectivity index (χ3n) is 3.94. The number of hydrogen-bond acceptors (Lipinski definition) is 0. The molecule has 0 N–H and O–H groups in total. The lowest BCUT2D eigenvalue weighted by Crippen LogP contribution is -2.17. The molecule has 0 amide bonds. The maximum Gasteiger partial charge on any atom is 0.106 e. The first kappa shape index (κ1) is 6.30. The number of fused-ring (bicyclic) bond motifs is 1. The minimum absolute atomic E-state index is 0.0282. The number of alkyl halides is 2. The molecule has 0 saturated heterocycles. The molecule has 0 aromatic carbocycles. The summed E-state index contributed by atoms with van der Waals surface area (Å²) in [4.78, 5) is 0. The van der Waals surface area contributed by atoms with Gasteiger partial charge in [-0.1, -0.05) is 22.4 Å². The second-order valence-corrected chi connectivity index (χ2v) is 6.73. The van der Waals surface area contributed by atoms with Crippen molar-refractivity contribution in [2.45, 2.75) is 35.9 Å². The molecule has 3 saturated carbocycles. The average Bonchev–Trinajstić information content (AvgIpc) is 2.47. The minimum atomic E-state index is 0.0282. The summed E-state index contributed by atoms with van der Waals surface area (Å²) in [5.74, 6) is 0. The molecule has 2 heteroatoms. The smallest absolute Gasteiger partial charge is 0.106 e. The highest BCUT2D eigenvalue weighted by Crippen LogP contribution is 2.92. The predicted octanol–water partition coefficient (Wildman–Crippen LogP) is 3.28. The normalized spacial score (nSPS) is 60.6. The Hall–Kier alpha value is 0.770. The highest BCUT2D eigenvalue weighted by atomic mass is 79.9. The van der Waals surface area contributed by atoms with Crippen LogP contribution in [-0.2, 0) is 0 Å². The van der Waals surface area contributed by atoms with Crippen molar-refractivity contribution >= 4 is 27.5 Å². The number of halogens is 2. The van der Waals surface area contributed by atoms with Crippen LogP contribution in [-0.4, -0.2) is 3.78 Å². The molecular weight excluding hydrogens is 211 g/mol. The second kappa shape index (κ2) is 1.33. The maximum absolute atomic E-state index is 6.21. The van der Waals surface area contributed by atoms with Crippen molar-refractivity contribution in [1.29, 1.82) is 0 Å². The summed E-state index contributed by atoms with van der Waals surface area (Å²) in [6.45, 7) is 0. The molecule has 3 aliphatic rings. The Morgan fingerprint density at radius 1 is 1.20 bits per heavy atom. The quantitative estimate of drug-likeness (QED) is 0.551. The molecule has 0 heterocycles. The average molecular weight is 222 g/mol. The van der Waals surface area contributed by atoms with Gasteiger partial charge in [0.2, 0.25) is 0 Å². The van der Waals surface area contributed by atoms with E-state index in [1.54, 1.807) is 0 Å². The Bertz CT molecular complexity index is 207. The topological polar surface area (TPSA) is 0 Å². The first-order valence-corrected chi connectivity index (χ1v) is 5.17. The fourth-order valence-corrected chi connectivity index (χ4v) is 4.43. The number of hydrogen-bond donors (Lipinski definition) is 0. The zero-order valence-electron chi connectivity index (χ0n) is 5.79. The van der Waals surface area contributed by atoms with Crippen LogP contribution in [0.1, 0.15) is 32.1 Å². The lowest BCUT2D eigenvalue weighted by Gasteiger charge is -2.27. The van der Waals surface area contributed by atoms with Crippen LogP contribution in [0, 0.1) is 10.8 Å². The summed E-state index contributed by atoms with van der Waals surface area (Å²) in [5.41, 5.74) is 1.30. The highest BCUT2D eigenvalue weighted by Gasteiger charge is 2.86. The van der Waals surface area contributed by atoms with E-state index in [4.69, 9.17) is 11.6 Å². The summed E-state index contributed by atoms with van der Waals surface area (Å²) < 4.78 is 0.0282. The van der Waals surface area contributed by atoms with Crippen LogP contribution < -0.4 is 0 Å². The van der Waals surface area contributed by atoms with Gasteiger partial charge < -0.3 is 0 Å². The van der Waals surface area contributed by atoms with E-state index in [0.29, 0.717) is 5.41 Å². The van der Waals surface area contributed by atoms with Gasteiger partial charge in [0.05, 0.1) is 0 Å². The SMILES string of the molecule is ClC1(Br)CC12CC21CCC1. The van der Waals surface area contributed by atoms with E-state index in [1.165, 1.54) is 32.1 Å².